The number of hydrogen-bond donors (Lipinski definition) is 1. The molecule has 2 unspecified atom stereocenters. The van der Waals surface area contributed by atoms with E-state index in [2.05, 4.69) is 10.3 Å². The van der Waals surface area contributed by atoms with Crippen LogP contribution in [0.3, 0.4) is 0 Å². The molecule has 1 heterocycles. The third-order valence-electron chi connectivity index (χ3n) is 1.23. The van der Waals surface area contributed by atoms with Crippen molar-refractivity contribution in [2.75, 3.05) is 7.11 Å². The average molecular weight is 114 g/mol. The van der Waals surface area contributed by atoms with Crippen LogP contribution in [0.15, 0.2) is 4.99 Å². The lowest BCUT2D eigenvalue weighted by molar-refractivity contribution is 0.0964. The molecule has 0 spiro atoms. The van der Waals surface area contributed by atoms with Gasteiger partial charge in [0.1, 0.15) is 0 Å². The van der Waals surface area contributed by atoms with Crippen molar-refractivity contribution in [2.45, 2.75) is 19.2 Å². The lowest BCUT2D eigenvalue weighted by Gasteiger charge is -2.09. The molecule has 0 radical (unpaired) electrons. The molecule has 0 aromatic carbocycles. The molecule has 0 saturated heterocycles. The monoisotopic (exact) mass is 114 g/mol. The van der Waals surface area contributed by atoms with Gasteiger partial charge in [0.05, 0.1) is 12.4 Å². The zero-order valence-electron chi connectivity index (χ0n) is 5.09. The van der Waals surface area contributed by atoms with Gasteiger partial charge >= 0.3 is 0 Å². The molecule has 2 atom stereocenters. The fraction of sp³-hybridized carbons (Fsp3) is 0.800. The van der Waals surface area contributed by atoms with Gasteiger partial charge in [0, 0.05) is 7.11 Å². The Morgan fingerprint density at radius 1 is 1.75 bits per heavy atom. The van der Waals surface area contributed by atoms with Gasteiger partial charge in [-0.1, -0.05) is 0 Å². The summed E-state index contributed by atoms with van der Waals surface area (Å²) in [6, 6.07) is 0.333. The number of nitrogens with zero attached hydrogens (tertiary/aromatic N) is 1. The molecule has 0 aromatic heterocycles. The normalized spacial score (nSPS) is 35.2. The third-order valence-corrected chi connectivity index (χ3v) is 1.23. The van der Waals surface area contributed by atoms with Crippen molar-refractivity contribution in [1.82, 2.24) is 5.32 Å². The Bertz CT molecular complexity index is 103. The maximum atomic E-state index is 4.96. The second-order valence-electron chi connectivity index (χ2n) is 1.86. The summed E-state index contributed by atoms with van der Waals surface area (Å²) in [6.07, 6.45) is 1.70. The lowest BCUT2D eigenvalue weighted by Crippen LogP contribution is -2.29. The van der Waals surface area contributed by atoms with E-state index in [1.54, 1.807) is 13.4 Å². The number of methoxy groups -OCH3 is 1. The Labute approximate surface area is 48.8 Å². The minimum atomic E-state index is 0.0231. The largest absolute Gasteiger partial charge is 0.369 e. The second kappa shape index (κ2) is 2.13. The predicted octanol–water partition coefficient (Wildman–Crippen LogP) is -0.0211. The van der Waals surface area contributed by atoms with E-state index < -0.39 is 0 Å². The molecule has 8 heavy (non-hydrogen) atoms. The number of aliphatic imine (C=N–C) groups is 1. The van der Waals surface area contributed by atoms with Crippen LogP contribution in [0.2, 0.25) is 0 Å². The van der Waals surface area contributed by atoms with Gasteiger partial charge in [-0.05, 0) is 6.92 Å². The minimum absolute atomic E-state index is 0.0231. The Kier molecular flexibility index (Phi) is 1.48. The van der Waals surface area contributed by atoms with Gasteiger partial charge in [-0.25, -0.2) is 4.99 Å². The highest BCUT2D eigenvalue weighted by molar-refractivity contribution is 5.57. The molecule has 0 aliphatic carbocycles. The first-order chi connectivity index (χ1) is 3.84. The zero-order chi connectivity index (χ0) is 5.98. The quantitative estimate of drug-likeness (QED) is 0.519. The molecule has 1 aliphatic heterocycles. The second-order valence-corrected chi connectivity index (χ2v) is 1.86. The van der Waals surface area contributed by atoms with E-state index in [9.17, 15) is 0 Å². The molecule has 0 fully saturated rings. The third kappa shape index (κ3) is 0.816. The molecule has 1 N–H and O–H groups in total. The summed E-state index contributed by atoms with van der Waals surface area (Å²) >= 11 is 0. The number of ether oxygens (including phenoxy) is 1. The molecule has 0 aromatic rings. The van der Waals surface area contributed by atoms with Crippen LogP contribution in [0.4, 0.5) is 0 Å². The van der Waals surface area contributed by atoms with Gasteiger partial charge in [-0.15, -0.1) is 0 Å². The molecular formula is C5H10N2O. The van der Waals surface area contributed by atoms with Crippen LogP contribution in [0.5, 0.6) is 0 Å². The molecule has 3 nitrogen and oxygen atoms in total. The van der Waals surface area contributed by atoms with E-state index >= 15 is 0 Å². The number of nitrogens with one attached hydrogen (secondary N) is 1. The van der Waals surface area contributed by atoms with E-state index in [1.807, 2.05) is 6.92 Å². The van der Waals surface area contributed by atoms with Gasteiger partial charge < -0.3 is 10.1 Å². The van der Waals surface area contributed by atoms with Crippen LogP contribution in [-0.4, -0.2) is 25.7 Å². The van der Waals surface area contributed by atoms with E-state index in [0.717, 1.165) is 0 Å². The van der Waals surface area contributed by atoms with Gasteiger partial charge in [0.15, 0.2) is 6.23 Å². The highest BCUT2D eigenvalue weighted by Gasteiger charge is 2.16. The standard InChI is InChI=1S/C5H10N2O/c1-4-5(8-2)7-3-6-4/h3-5H,1-2H3,(H,6,7). The first-order valence-electron chi connectivity index (χ1n) is 2.65. The van der Waals surface area contributed by atoms with Gasteiger partial charge in [-0.2, -0.15) is 0 Å². The van der Waals surface area contributed by atoms with Crippen LogP contribution >= 0.6 is 0 Å². The van der Waals surface area contributed by atoms with Crippen molar-refractivity contribution in [3.8, 4) is 0 Å². The number of rotatable bonds is 1. The van der Waals surface area contributed by atoms with E-state index in [-0.39, 0.29) is 6.23 Å². The molecule has 1 rings (SSSR count). The summed E-state index contributed by atoms with van der Waals surface area (Å²) in [5.41, 5.74) is 0. The molecule has 0 bridgehead atoms. The number of hydrogen-bond acceptors (Lipinski definition) is 3. The van der Waals surface area contributed by atoms with Crippen molar-refractivity contribution in [3.05, 3.63) is 0 Å². The molecule has 0 saturated carbocycles. The maximum Gasteiger partial charge on any atom is 0.169 e. The lowest BCUT2D eigenvalue weighted by atomic mass is 10.3. The summed E-state index contributed by atoms with van der Waals surface area (Å²) in [6.45, 7) is 2.03. The van der Waals surface area contributed by atoms with Crippen molar-refractivity contribution in [3.63, 3.8) is 0 Å². The zero-order valence-corrected chi connectivity index (χ0v) is 5.09. The van der Waals surface area contributed by atoms with Crippen LogP contribution in [0.1, 0.15) is 6.92 Å². The van der Waals surface area contributed by atoms with Crippen molar-refractivity contribution < 1.29 is 4.74 Å². The Morgan fingerprint density at radius 3 is 2.75 bits per heavy atom. The van der Waals surface area contributed by atoms with Crippen molar-refractivity contribution in [2.24, 2.45) is 4.99 Å². The Balaban J connectivity index is 2.41. The average Bonchev–Trinajstić information content (AvgIpc) is 2.14. The molecular weight excluding hydrogens is 104 g/mol. The summed E-state index contributed by atoms with van der Waals surface area (Å²) in [7, 11) is 1.66. The van der Waals surface area contributed by atoms with E-state index in [4.69, 9.17) is 4.74 Å². The van der Waals surface area contributed by atoms with Crippen molar-refractivity contribution >= 4 is 6.34 Å². The van der Waals surface area contributed by atoms with Crippen LogP contribution in [-0.2, 0) is 4.74 Å². The first kappa shape index (κ1) is 5.56. The molecule has 46 valence electrons. The van der Waals surface area contributed by atoms with Crippen molar-refractivity contribution in [1.29, 1.82) is 0 Å². The summed E-state index contributed by atoms with van der Waals surface area (Å²) in [5.74, 6) is 0. The fourth-order valence-electron chi connectivity index (χ4n) is 0.710. The Hall–Kier alpha value is -0.570. The SMILES string of the molecule is COC1N=CNC1C. The molecule has 1 aliphatic rings. The van der Waals surface area contributed by atoms with Crippen LogP contribution in [0, 0.1) is 0 Å². The van der Waals surface area contributed by atoms with Gasteiger partial charge in [0.25, 0.3) is 0 Å². The fourth-order valence-corrected chi connectivity index (χ4v) is 0.710. The molecule has 0 amide bonds. The first-order valence-corrected chi connectivity index (χ1v) is 2.65. The topological polar surface area (TPSA) is 33.6 Å². The van der Waals surface area contributed by atoms with Gasteiger partial charge in [-0.3, -0.25) is 0 Å². The minimum Gasteiger partial charge on any atom is -0.369 e. The smallest absolute Gasteiger partial charge is 0.169 e. The summed E-state index contributed by atoms with van der Waals surface area (Å²) in [4.78, 5) is 3.98. The highest BCUT2D eigenvalue weighted by Crippen LogP contribution is 2.01. The predicted molar refractivity (Wildman–Crippen MR) is 31.9 cm³/mol. The van der Waals surface area contributed by atoms with E-state index in [1.165, 1.54) is 0 Å². The van der Waals surface area contributed by atoms with E-state index in [0.29, 0.717) is 6.04 Å². The maximum absolute atomic E-state index is 4.96. The van der Waals surface area contributed by atoms with Crippen LogP contribution in [0.25, 0.3) is 0 Å². The molecule has 3 heteroatoms. The Morgan fingerprint density at radius 2 is 2.50 bits per heavy atom. The highest BCUT2D eigenvalue weighted by atomic mass is 16.5. The summed E-state index contributed by atoms with van der Waals surface area (Å²) in [5, 5.41) is 3.00. The summed E-state index contributed by atoms with van der Waals surface area (Å²) < 4.78 is 4.96. The van der Waals surface area contributed by atoms with Crippen LogP contribution < -0.4 is 5.32 Å². The van der Waals surface area contributed by atoms with Gasteiger partial charge in [0.2, 0.25) is 0 Å².